The van der Waals surface area contributed by atoms with Crippen LogP contribution >= 0.6 is 0 Å². The molecule has 1 aromatic heterocycles. The van der Waals surface area contributed by atoms with Gasteiger partial charge in [0.1, 0.15) is 12.4 Å². The van der Waals surface area contributed by atoms with Crippen molar-refractivity contribution in [3.63, 3.8) is 0 Å². The van der Waals surface area contributed by atoms with Gasteiger partial charge in [0.15, 0.2) is 0 Å². The molecule has 3 nitrogen and oxygen atoms in total. The van der Waals surface area contributed by atoms with E-state index >= 15 is 0 Å². The number of ether oxygens (including phenoxy) is 1. The average Bonchev–Trinajstić information content (AvgIpc) is 2.38. The Bertz CT molecular complexity index is 425. The van der Waals surface area contributed by atoms with Crippen molar-refractivity contribution >= 4 is 5.69 Å². The molecule has 0 fully saturated rings. The van der Waals surface area contributed by atoms with Gasteiger partial charge in [-0.25, -0.2) is 0 Å². The Balaban J connectivity index is 1.94. The van der Waals surface area contributed by atoms with Crippen LogP contribution in [0.3, 0.4) is 0 Å². The number of pyridine rings is 1. The molecule has 0 amide bonds. The van der Waals surface area contributed by atoms with E-state index in [1.165, 1.54) is 0 Å². The molecular formula is C13H14N2O. The molecule has 16 heavy (non-hydrogen) atoms. The van der Waals surface area contributed by atoms with E-state index in [0.717, 1.165) is 17.0 Å². The summed E-state index contributed by atoms with van der Waals surface area (Å²) in [7, 11) is 1.89. The predicted octanol–water partition coefficient (Wildman–Crippen LogP) is 2.70. The SMILES string of the molecule is CNc1ccc(OCc2cccnc2)cc1. The second kappa shape index (κ2) is 5.16. The van der Waals surface area contributed by atoms with Crippen LogP contribution in [0.5, 0.6) is 5.75 Å². The molecule has 2 aromatic rings. The number of nitrogens with one attached hydrogen (secondary N) is 1. The minimum atomic E-state index is 0.548. The van der Waals surface area contributed by atoms with Crippen molar-refractivity contribution in [1.29, 1.82) is 0 Å². The summed E-state index contributed by atoms with van der Waals surface area (Å²) in [5.41, 5.74) is 2.15. The second-order valence-electron chi connectivity index (χ2n) is 3.42. The number of aromatic nitrogens is 1. The summed E-state index contributed by atoms with van der Waals surface area (Å²) < 4.78 is 5.62. The fourth-order valence-corrected chi connectivity index (χ4v) is 1.37. The maximum Gasteiger partial charge on any atom is 0.119 e. The Labute approximate surface area is 95.1 Å². The molecule has 0 saturated heterocycles. The standard InChI is InChI=1S/C13H14N2O/c1-14-12-4-6-13(7-5-12)16-10-11-3-2-8-15-9-11/h2-9,14H,10H2,1H3. The molecule has 1 aromatic carbocycles. The largest absolute Gasteiger partial charge is 0.489 e. The molecule has 3 heteroatoms. The van der Waals surface area contributed by atoms with Crippen LogP contribution < -0.4 is 10.1 Å². The normalized spacial score (nSPS) is 9.81. The maximum atomic E-state index is 5.62. The monoisotopic (exact) mass is 214 g/mol. The van der Waals surface area contributed by atoms with Crippen molar-refractivity contribution < 1.29 is 4.74 Å². The fraction of sp³-hybridized carbons (Fsp3) is 0.154. The lowest BCUT2D eigenvalue weighted by molar-refractivity contribution is 0.306. The highest BCUT2D eigenvalue weighted by Gasteiger charge is 1.95. The molecule has 0 spiro atoms. The van der Waals surface area contributed by atoms with Crippen molar-refractivity contribution in [3.8, 4) is 5.75 Å². The summed E-state index contributed by atoms with van der Waals surface area (Å²) in [5.74, 6) is 0.864. The predicted molar refractivity (Wildman–Crippen MR) is 64.6 cm³/mol. The van der Waals surface area contributed by atoms with E-state index in [0.29, 0.717) is 6.61 Å². The molecule has 0 atom stereocenters. The molecule has 0 saturated carbocycles. The van der Waals surface area contributed by atoms with E-state index in [-0.39, 0.29) is 0 Å². The van der Waals surface area contributed by atoms with Crippen LogP contribution in [-0.4, -0.2) is 12.0 Å². The second-order valence-corrected chi connectivity index (χ2v) is 3.42. The summed E-state index contributed by atoms with van der Waals surface area (Å²) in [6, 6.07) is 11.8. The van der Waals surface area contributed by atoms with Crippen molar-refractivity contribution in [1.82, 2.24) is 4.98 Å². The Morgan fingerprint density at radius 2 is 2.00 bits per heavy atom. The van der Waals surface area contributed by atoms with Crippen LogP contribution in [0.15, 0.2) is 48.8 Å². The zero-order valence-corrected chi connectivity index (χ0v) is 9.18. The van der Waals surface area contributed by atoms with E-state index < -0.39 is 0 Å². The lowest BCUT2D eigenvalue weighted by atomic mass is 10.3. The quantitative estimate of drug-likeness (QED) is 0.849. The summed E-state index contributed by atoms with van der Waals surface area (Å²) in [5, 5.41) is 3.06. The zero-order chi connectivity index (χ0) is 11.2. The lowest BCUT2D eigenvalue weighted by Gasteiger charge is -2.06. The average molecular weight is 214 g/mol. The number of hydrogen-bond donors (Lipinski definition) is 1. The van der Waals surface area contributed by atoms with Crippen molar-refractivity contribution in [2.75, 3.05) is 12.4 Å². The first-order valence-corrected chi connectivity index (χ1v) is 5.18. The van der Waals surface area contributed by atoms with Gasteiger partial charge in [-0.15, -0.1) is 0 Å². The summed E-state index contributed by atoms with van der Waals surface area (Å²) in [6.45, 7) is 0.548. The first-order valence-electron chi connectivity index (χ1n) is 5.18. The molecule has 0 unspecified atom stereocenters. The third-order valence-corrected chi connectivity index (χ3v) is 2.27. The Hall–Kier alpha value is -2.03. The lowest BCUT2D eigenvalue weighted by Crippen LogP contribution is -1.95. The van der Waals surface area contributed by atoms with Crippen LogP contribution in [0.25, 0.3) is 0 Å². The highest BCUT2D eigenvalue weighted by atomic mass is 16.5. The van der Waals surface area contributed by atoms with Crippen LogP contribution in [0.4, 0.5) is 5.69 Å². The highest BCUT2D eigenvalue weighted by Crippen LogP contribution is 2.16. The van der Waals surface area contributed by atoms with E-state index in [1.807, 2.05) is 49.6 Å². The third kappa shape index (κ3) is 2.73. The molecule has 1 heterocycles. The minimum absolute atomic E-state index is 0.548. The molecule has 0 radical (unpaired) electrons. The topological polar surface area (TPSA) is 34.1 Å². The van der Waals surface area contributed by atoms with Crippen LogP contribution in [-0.2, 0) is 6.61 Å². The maximum absolute atomic E-state index is 5.62. The fourth-order valence-electron chi connectivity index (χ4n) is 1.37. The van der Waals surface area contributed by atoms with Crippen LogP contribution in [0.2, 0.25) is 0 Å². The molecule has 0 aliphatic rings. The highest BCUT2D eigenvalue weighted by molar-refractivity contribution is 5.45. The Morgan fingerprint density at radius 1 is 1.19 bits per heavy atom. The molecule has 0 bridgehead atoms. The molecule has 2 rings (SSSR count). The summed E-state index contributed by atoms with van der Waals surface area (Å²) >= 11 is 0. The van der Waals surface area contributed by atoms with Gasteiger partial charge >= 0.3 is 0 Å². The van der Waals surface area contributed by atoms with E-state index in [4.69, 9.17) is 4.74 Å². The third-order valence-electron chi connectivity index (χ3n) is 2.27. The number of hydrogen-bond acceptors (Lipinski definition) is 3. The number of anilines is 1. The van der Waals surface area contributed by atoms with Gasteiger partial charge in [0.2, 0.25) is 0 Å². The van der Waals surface area contributed by atoms with Gasteiger partial charge in [-0.05, 0) is 30.3 Å². The van der Waals surface area contributed by atoms with Crippen molar-refractivity contribution in [3.05, 3.63) is 54.4 Å². The number of nitrogens with zero attached hydrogens (tertiary/aromatic N) is 1. The Kier molecular flexibility index (Phi) is 3.38. The van der Waals surface area contributed by atoms with Crippen molar-refractivity contribution in [2.45, 2.75) is 6.61 Å². The first-order chi connectivity index (χ1) is 7.88. The number of benzene rings is 1. The van der Waals surface area contributed by atoms with Crippen molar-refractivity contribution in [2.24, 2.45) is 0 Å². The molecular weight excluding hydrogens is 200 g/mol. The molecule has 0 aliphatic carbocycles. The smallest absolute Gasteiger partial charge is 0.119 e. The van der Waals surface area contributed by atoms with Gasteiger partial charge in [0.05, 0.1) is 0 Å². The summed E-state index contributed by atoms with van der Waals surface area (Å²) in [6.07, 6.45) is 3.56. The molecule has 0 aliphatic heterocycles. The molecule has 82 valence electrons. The van der Waals surface area contributed by atoms with Gasteiger partial charge < -0.3 is 10.1 Å². The van der Waals surface area contributed by atoms with Gasteiger partial charge in [0, 0.05) is 30.7 Å². The van der Waals surface area contributed by atoms with Gasteiger partial charge in [-0.2, -0.15) is 0 Å². The van der Waals surface area contributed by atoms with E-state index in [9.17, 15) is 0 Å². The van der Waals surface area contributed by atoms with Gasteiger partial charge in [-0.3, -0.25) is 4.98 Å². The zero-order valence-electron chi connectivity index (χ0n) is 9.18. The van der Waals surface area contributed by atoms with E-state index in [1.54, 1.807) is 6.20 Å². The number of rotatable bonds is 4. The van der Waals surface area contributed by atoms with Gasteiger partial charge in [-0.1, -0.05) is 6.07 Å². The van der Waals surface area contributed by atoms with E-state index in [2.05, 4.69) is 10.3 Å². The first kappa shape index (κ1) is 10.5. The van der Waals surface area contributed by atoms with Crippen LogP contribution in [0.1, 0.15) is 5.56 Å². The van der Waals surface area contributed by atoms with Crippen LogP contribution in [0, 0.1) is 0 Å². The van der Waals surface area contributed by atoms with Gasteiger partial charge in [0.25, 0.3) is 0 Å². The minimum Gasteiger partial charge on any atom is -0.489 e. The summed E-state index contributed by atoms with van der Waals surface area (Å²) in [4.78, 5) is 4.03. The molecule has 1 N–H and O–H groups in total. The Morgan fingerprint density at radius 3 is 2.62 bits per heavy atom.